The Hall–Kier alpha value is 3.89. The normalized spacial score (nSPS) is 0. The summed E-state index contributed by atoms with van der Waals surface area (Å²) in [5, 5.41) is 0. The summed E-state index contributed by atoms with van der Waals surface area (Å²) in [6, 6.07) is 0. The van der Waals surface area contributed by atoms with Gasteiger partial charge in [-0.15, -0.1) is 74.4 Å². The van der Waals surface area contributed by atoms with Crippen molar-refractivity contribution in [2.24, 2.45) is 0 Å². The van der Waals surface area contributed by atoms with E-state index in [2.05, 4.69) is 0 Å². The van der Waals surface area contributed by atoms with Crippen molar-refractivity contribution < 1.29 is 0 Å². The fourth-order valence-electron chi connectivity index (χ4n) is 0. The van der Waals surface area contributed by atoms with Crippen LogP contribution >= 0.6 is 124 Å². The predicted octanol–water partition coefficient (Wildman–Crippen LogP) is 2.82. The molecule has 0 aromatic rings. The van der Waals surface area contributed by atoms with Crippen molar-refractivity contribution >= 4 is 124 Å². The minimum atomic E-state index is 0. The highest BCUT2D eigenvalue weighted by molar-refractivity contribution is 6.92. The molecule has 5 unspecified atom stereocenters. The maximum Gasteiger partial charge on any atom is -0.147 e. The van der Waals surface area contributed by atoms with Gasteiger partial charge in [-0.25, -0.2) is 0 Å². The van der Waals surface area contributed by atoms with Crippen LogP contribution in [0.1, 0.15) is 0 Å². The average molecular weight is 389 g/mol. The lowest BCUT2D eigenvalue weighted by Gasteiger charge is -0.154. The summed E-state index contributed by atoms with van der Waals surface area (Å²) < 4.78 is 0. The molecule has 0 radical (unpaired) electrons. The van der Waals surface area contributed by atoms with Crippen molar-refractivity contribution in [1.29, 1.82) is 0 Å². The summed E-state index contributed by atoms with van der Waals surface area (Å²) in [5.74, 6) is 0. The van der Waals surface area contributed by atoms with E-state index in [0.717, 1.165) is 0 Å². The van der Waals surface area contributed by atoms with Crippen LogP contribution in [-0.2, 0) is 0 Å². The number of hydrogen-bond donors (Lipinski definition) is 0. The number of halogens is 6. The molecule has 0 fully saturated rings. The van der Waals surface area contributed by atoms with Crippen molar-refractivity contribution in [2.45, 2.75) is 0 Å². The quantitative estimate of drug-likeness (QED) is 0.560. The topological polar surface area (TPSA) is 0 Å². The number of rotatable bonds is 0. The summed E-state index contributed by atoms with van der Waals surface area (Å²) in [6.07, 6.45) is 0. The molecule has 0 saturated heterocycles. The molecule has 5 atom stereocenters. The first-order valence-electron chi connectivity index (χ1n) is 0. The molecule has 11 heteroatoms. The Bertz CT molecular complexity index is 10.9. The molecule has 0 heterocycles. The highest BCUT2D eigenvalue weighted by Gasteiger charge is -0.139. The van der Waals surface area contributed by atoms with Crippen LogP contribution in [0.5, 0.6) is 0 Å². The van der Waals surface area contributed by atoms with Crippen molar-refractivity contribution in [3.63, 3.8) is 0 Å². The van der Waals surface area contributed by atoms with Gasteiger partial charge in [0.05, 0.1) is 0 Å². The van der Waals surface area contributed by atoms with Gasteiger partial charge in [0.1, 0.15) is 0 Å². The van der Waals surface area contributed by atoms with Gasteiger partial charge in [-0.3, -0.25) is 0 Å². The van der Waals surface area contributed by atoms with Crippen LogP contribution in [0.3, 0.4) is 0 Å². The molecule has 0 nitrogen and oxygen atoms in total. The van der Waals surface area contributed by atoms with E-state index in [1.165, 1.54) is 0 Å². The maximum atomic E-state index is 0. The second-order valence-corrected chi connectivity index (χ2v) is 0. The smallest absolute Gasteiger partial charge is 0.147 e. The lowest BCUT2D eigenvalue weighted by atomic mass is 31.0. The molecule has 0 N–H and O–H groups in total. The zero-order valence-electron chi connectivity index (χ0n) is 5.99. The molecular formula is H21Cl6P5. The SMILES string of the molecule is Cl.Cl.Cl.Cl.Cl.Cl.P.P.P.P.P. The summed E-state index contributed by atoms with van der Waals surface area (Å²) >= 11 is 0. The third-order valence-electron chi connectivity index (χ3n) is 0. The van der Waals surface area contributed by atoms with Crippen molar-refractivity contribution in [2.75, 3.05) is 0 Å². The summed E-state index contributed by atoms with van der Waals surface area (Å²) in [4.78, 5) is 0. The number of hydrogen-bond acceptors (Lipinski definition) is 0. The Morgan fingerprint density at radius 1 is 0.182 bits per heavy atom. The zero-order chi connectivity index (χ0) is 0. The molecule has 11 heavy (non-hydrogen) atoms. The highest BCUT2D eigenvalue weighted by Crippen LogP contribution is 0.865. The molecule has 0 aromatic heterocycles. The van der Waals surface area contributed by atoms with Gasteiger partial charge in [-0.2, -0.15) is 49.5 Å². The molecule has 0 aliphatic carbocycles. The Morgan fingerprint density at radius 2 is 0.182 bits per heavy atom. The van der Waals surface area contributed by atoms with E-state index in [1.54, 1.807) is 0 Å². The molecule has 88 valence electrons. The van der Waals surface area contributed by atoms with Gasteiger partial charge in [0.15, 0.2) is 0 Å². The van der Waals surface area contributed by atoms with Crippen molar-refractivity contribution in [3.05, 3.63) is 0 Å². The Balaban J connectivity index is 0. The monoisotopic (exact) mass is 386 g/mol. The van der Waals surface area contributed by atoms with Gasteiger partial charge >= 0.3 is 0 Å². The second-order valence-electron chi connectivity index (χ2n) is 0. The van der Waals surface area contributed by atoms with Crippen LogP contribution < -0.4 is 0 Å². The Kier molecular flexibility index (Phi) is 2630. The summed E-state index contributed by atoms with van der Waals surface area (Å²) in [5.41, 5.74) is 0. The first-order chi connectivity index (χ1) is 0. The summed E-state index contributed by atoms with van der Waals surface area (Å²) in [7, 11) is 0. The van der Waals surface area contributed by atoms with Gasteiger partial charge in [0.2, 0.25) is 0 Å². The molecular weight excluding hydrogens is 368 g/mol. The van der Waals surface area contributed by atoms with Crippen LogP contribution in [0.2, 0.25) is 0 Å². The van der Waals surface area contributed by atoms with Crippen molar-refractivity contribution in [3.8, 4) is 0 Å². The lowest BCUT2D eigenvalue weighted by molar-refractivity contribution is 5.85. The van der Waals surface area contributed by atoms with Gasteiger partial charge in [-0.1, -0.05) is 0 Å². The minimum absolute atomic E-state index is 0. The van der Waals surface area contributed by atoms with E-state index < -0.39 is 0 Å². The average Bonchev–Trinajstić information content (AvgIpc) is 0. The molecule has 0 amide bonds. The van der Waals surface area contributed by atoms with E-state index in [0.29, 0.717) is 0 Å². The molecule has 0 rings (SSSR count). The molecule has 0 spiro atoms. The van der Waals surface area contributed by atoms with Crippen molar-refractivity contribution in [1.82, 2.24) is 0 Å². The van der Waals surface area contributed by atoms with Gasteiger partial charge in [0, 0.05) is 0 Å². The second kappa shape index (κ2) is 153. The molecule has 0 saturated carbocycles. The fraction of sp³-hybridized carbons (Fsp3) is 0. The zero-order valence-corrected chi connectivity index (χ0v) is 18.0. The molecule has 0 aliphatic rings. The first-order valence-corrected chi connectivity index (χ1v) is 0. The maximum absolute atomic E-state index is 0. The molecule has 0 bridgehead atoms. The predicted molar refractivity (Wildman–Crippen MR) is 99.0 cm³/mol. The Morgan fingerprint density at radius 3 is 0.182 bits per heavy atom. The van der Waals surface area contributed by atoms with Gasteiger partial charge in [0.25, 0.3) is 0 Å². The lowest BCUT2D eigenvalue weighted by Crippen LogP contribution is 0.688. The molecule has 0 aromatic carbocycles. The van der Waals surface area contributed by atoms with Crippen LogP contribution in [0.25, 0.3) is 0 Å². The van der Waals surface area contributed by atoms with Crippen LogP contribution in [0, 0.1) is 0 Å². The van der Waals surface area contributed by atoms with E-state index in [1.807, 2.05) is 0 Å². The van der Waals surface area contributed by atoms with Crippen LogP contribution in [0.15, 0.2) is 0 Å². The molecule has 0 aliphatic heterocycles. The van der Waals surface area contributed by atoms with Gasteiger partial charge in [-0.05, 0) is 0 Å². The van der Waals surface area contributed by atoms with Crippen LogP contribution in [-0.4, -0.2) is 0 Å². The third kappa shape index (κ3) is 130. The standard InChI is InChI=1S/6ClH.5H3P/h6*1H;5*1H3. The minimum Gasteiger partial charge on any atom is -0.153 e. The largest absolute Gasteiger partial charge is 0.153 e. The van der Waals surface area contributed by atoms with E-state index in [4.69, 9.17) is 0 Å². The summed E-state index contributed by atoms with van der Waals surface area (Å²) in [6.45, 7) is 0. The van der Waals surface area contributed by atoms with E-state index in [-0.39, 0.29) is 124 Å². The van der Waals surface area contributed by atoms with E-state index in [9.17, 15) is 0 Å². The third-order valence-corrected chi connectivity index (χ3v) is 0. The first kappa shape index (κ1) is 190. The van der Waals surface area contributed by atoms with E-state index >= 15 is 0 Å². The fourth-order valence-corrected chi connectivity index (χ4v) is 0. The van der Waals surface area contributed by atoms with Crippen LogP contribution in [0.4, 0.5) is 0 Å². The Labute approximate surface area is 123 Å². The van der Waals surface area contributed by atoms with Gasteiger partial charge < -0.3 is 0 Å². The highest BCUT2D eigenvalue weighted by atomic mass is 35.5.